The average molecular weight is 313 g/mol. The predicted molar refractivity (Wildman–Crippen MR) is 95.0 cm³/mol. The molecular formula is C20H27NO2. The van der Waals surface area contributed by atoms with Crippen molar-refractivity contribution >= 4 is 11.5 Å². The zero-order valence-electron chi connectivity index (χ0n) is 14.8. The molecule has 0 radical (unpaired) electrons. The molecule has 0 saturated carbocycles. The molecule has 23 heavy (non-hydrogen) atoms. The second-order valence-electron chi connectivity index (χ2n) is 8.15. The van der Waals surface area contributed by atoms with Crippen LogP contribution in [-0.2, 0) is 11.2 Å². The van der Waals surface area contributed by atoms with Crippen molar-refractivity contribution in [2.45, 2.75) is 59.4 Å². The number of allylic oxidation sites excluding steroid dienone is 2. The number of benzene rings is 1. The topological polar surface area (TPSA) is 49.7 Å². The van der Waals surface area contributed by atoms with E-state index in [9.17, 15) is 9.90 Å². The number of hydrogen-bond acceptors (Lipinski definition) is 3. The zero-order chi connectivity index (χ0) is 17.3. The molecule has 1 aliphatic rings. The minimum absolute atomic E-state index is 0.00215. The first-order chi connectivity index (χ1) is 10.6. The van der Waals surface area contributed by atoms with Gasteiger partial charge in [0.25, 0.3) is 0 Å². The number of carbonyl (C=O) groups is 1. The van der Waals surface area contributed by atoms with Gasteiger partial charge in [-0.3, -0.25) is 9.79 Å². The van der Waals surface area contributed by atoms with Gasteiger partial charge in [0.05, 0.1) is 16.8 Å². The third kappa shape index (κ3) is 4.78. The third-order valence-corrected chi connectivity index (χ3v) is 3.83. The van der Waals surface area contributed by atoms with Crippen molar-refractivity contribution in [1.82, 2.24) is 0 Å². The molecule has 0 saturated heterocycles. The van der Waals surface area contributed by atoms with Gasteiger partial charge in [-0.15, -0.1) is 0 Å². The Morgan fingerprint density at radius 2 is 1.78 bits per heavy atom. The number of ketones is 1. The number of hydrogen-bond donors (Lipinski definition) is 1. The van der Waals surface area contributed by atoms with E-state index in [2.05, 4.69) is 0 Å². The molecule has 1 aromatic rings. The Kier molecular flexibility index (Phi) is 4.79. The highest BCUT2D eigenvalue weighted by Crippen LogP contribution is 2.36. The maximum Gasteiger partial charge on any atom is 0.168 e. The molecule has 124 valence electrons. The van der Waals surface area contributed by atoms with Crippen molar-refractivity contribution in [2.24, 2.45) is 10.4 Å². The highest BCUT2D eigenvalue weighted by atomic mass is 16.3. The number of aliphatic hydroxyl groups excluding tert-OH is 1. The van der Waals surface area contributed by atoms with Crippen molar-refractivity contribution in [1.29, 1.82) is 0 Å². The van der Waals surface area contributed by atoms with Crippen LogP contribution in [0.2, 0.25) is 0 Å². The fourth-order valence-electron chi connectivity index (χ4n) is 2.99. The summed E-state index contributed by atoms with van der Waals surface area (Å²) in [7, 11) is 0. The van der Waals surface area contributed by atoms with E-state index in [4.69, 9.17) is 4.99 Å². The number of aliphatic imine (C=N–C) groups is 1. The molecule has 0 bridgehead atoms. The van der Waals surface area contributed by atoms with Crippen molar-refractivity contribution in [3.8, 4) is 0 Å². The van der Waals surface area contributed by atoms with Crippen molar-refractivity contribution in [3.63, 3.8) is 0 Å². The molecule has 3 heteroatoms. The Balaban J connectivity index is 2.46. The summed E-state index contributed by atoms with van der Waals surface area (Å²) in [5, 5.41) is 10.5. The lowest BCUT2D eigenvalue weighted by atomic mass is 9.75. The lowest BCUT2D eigenvalue weighted by Gasteiger charge is -2.30. The van der Waals surface area contributed by atoms with Gasteiger partial charge < -0.3 is 5.11 Å². The molecule has 1 aromatic carbocycles. The second-order valence-corrected chi connectivity index (χ2v) is 8.15. The van der Waals surface area contributed by atoms with E-state index >= 15 is 0 Å². The lowest BCUT2D eigenvalue weighted by Crippen LogP contribution is -2.31. The summed E-state index contributed by atoms with van der Waals surface area (Å²) in [5.41, 5.74) is 1.73. The van der Waals surface area contributed by atoms with Gasteiger partial charge in [-0.25, -0.2) is 0 Å². The van der Waals surface area contributed by atoms with E-state index in [-0.39, 0.29) is 22.5 Å². The van der Waals surface area contributed by atoms with E-state index < -0.39 is 0 Å². The van der Waals surface area contributed by atoms with E-state index in [0.717, 1.165) is 5.56 Å². The molecule has 0 fully saturated rings. The summed E-state index contributed by atoms with van der Waals surface area (Å²) in [6, 6.07) is 9.96. The molecule has 0 unspecified atom stereocenters. The van der Waals surface area contributed by atoms with Crippen LogP contribution in [0.5, 0.6) is 0 Å². The monoisotopic (exact) mass is 313 g/mol. The van der Waals surface area contributed by atoms with Gasteiger partial charge in [0, 0.05) is 19.3 Å². The second kappa shape index (κ2) is 6.31. The van der Waals surface area contributed by atoms with Gasteiger partial charge in [0.15, 0.2) is 5.78 Å². The summed E-state index contributed by atoms with van der Waals surface area (Å²) in [6.07, 6.45) is 1.53. The highest BCUT2D eigenvalue weighted by Gasteiger charge is 2.35. The Hall–Kier alpha value is -1.90. The first kappa shape index (κ1) is 17.5. The summed E-state index contributed by atoms with van der Waals surface area (Å²) in [6.45, 7) is 10.0. The van der Waals surface area contributed by atoms with Crippen LogP contribution in [0.15, 0.2) is 46.7 Å². The molecule has 3 nitrogen and oxygen atoms in total. The largest absolute Gasteiger partial charge is 0.511 e. The van der Waals surface area contributed by atoms with Gasteiger partial charge in [-0.05, 0) is 31.7 Å². The first-order valence-corrected chi connectivity index (χ1v) is 8.16. The molecule has 0 heterocycles. The SMILES string of the molecule is CC1(C)CC(=O)C(C(Cc2ccccc2)=NC(C)(C)C)=C(O)C1. The van der Waals surface area contributed by atoms with Crippen LogP contribution in [0.4, 0.5) is 0 Å². The Bertz CT molecular complexity index is 646. The minimum atomic E-state index is -0.301. The lowest BCUT2D eigenvalue weighted by molar-refractivity contribution is -0.117. The van der Waals surface area contributed by atoms with Crippen LogP contribution in [0, 0.1) is 5.41 Å². The minimum Gasteiger partial charge on any atom is -0.511 e. The maximum absolute atomic E-state index is 12.6. The smallest absolute Gasteiger partial charge is 0.168 e. The summed E-state index contributed by atoms with van der Waals surface area (Å²) in [4.78, 5) is 17.4. The maximum atomic E-state index is 12.6. The van der Waals surface area contributed by atoms with Gasteiger partial charge in [-0.2, -0.15) is 0 Å². The molecule has 1 aliphatic carbocycles. The first-order valence-electron chi connectivity index (χ1n) is 8.16. The van der Waals surface area contributed by atoms with Crippen LogP contribution < -0.4 is 0 Å². The molecule has 0 atom stereocenters. The van der Waals surface area contributed by atoms with E-state index in [1.54, 1.807) is 0 Å². The standard InChI is InChI=1S/C20H27NO2/c1-19(2,3)21-15(11-14-9-7-6-8-10-14)18-16(22)12-20(4,5)13-17(18)23/h6-10,22H,11-13H2,1-5H3. The zero-order valence-corrected chi connectivity index (χ0v) is 14.8. The van der Waals surface area contributed by atoms with E-state index in [1.807, 2.05) is 65.0 Å². The summed E-state index contributed by atoms with van der Waals surface area (Å²) < 4.78 is 0. The van der Waals surface area contributed by atoms with Gasteiger partial charge in [-0.1, -0.05) is 44.2 Å². The Morgan fingerprint density at radius 3 is 2.30 bits per heavy atom. The van der Waals surface area contributed by atoms with Crippen LogP contribution in [0.25, 0.3) is 0 Å². The predicted octanol–water partition coefficient (Wildman–Crippen LogP) is 4.67. The number of rotatable bonds is 3. The summed E-state index contributed by atoms with van der Waals surface area (Å²) >= 11 is 0. The van der Waals surface area contributed by atoms with Gasteiger partial charge in [0.1, 0.15) is 5.76 Å². The van der Waals surface area contributed by atoms with Crippen LogP contribution in [-0.4, -0.2) is 22.1 Å². The molecular weight excluding hydrogens is 286 g/mol. The van der Waals surface area contributed by atoms with Crippen LogP contribution in [0.3, 0.4) is 0 Å². The van der Waals surface area contributed by atoms with Crippen molar-refractivity contribution in [2.75, 3.05) is 0 Å². The number of carbonyl (C=O) groups excluding carboxylic acids is 1. The molecule has 1 N–H and O–H groups in total. The quantitative estimate of drug-likeness (QED) is 0.824. The van der Waals surface area contributed by atoms with E-state index in [0.29, 0.717) is 30.5 Å². The van der Waals surface area contributed by atoms with Gasteiger partial charge >= 0.3 is 0 Å². The van der Waals surface area contributed by atoms with Crippen molar-refractivity contribution in [3.05, 3.63) is 47.2 Å². The number of Topliss-reactive ketones (excluding diaryl/α,β-unsaturated/α-hetero) is 1. The number of aliphatic hydroxyl groups is 1. The van der Waals surface area contributed by atoms with E-state index in [1.165, 1.54) is 0 Å². The summed E-state index contributed by atoms with van der Waals surface area (Å²) in [5.74, 6) is 0.183. The van der Waals surface area contributed by atoms with Crippen LogP contribution in [0.1, 0.15) is 53.0 Å². The average Bonchev–Trinajstić information content (AvgIpc) is 2.35. The number of nitrogens with zero attached hydrogens (tertiary/aromatic N) is 1. The fourth-order valence-corrected chi connectivity index (χ4v) is 2.99. The molecule has 0 aromatic heterocycles. The molecule has 0 spiro atoms. The molecule has 2 rings (SSSR count). The van der Waals surface area contributed by atoms with Gasteiger partial charge in [0.2, 0.25) is 0 Å². The Labute approximate surface area is 139 Å². The molecule has 0 amide bonds. The van der Waals surface area contributed by atoms with Crippen LogP contribution >= 0.6 is 0 Å². The third-order valence-electron chi connectivity index (χ3n) is 3.83. The highest BCUT2D eigenvalue weighted by molar-refractivity contribution is 6.23. The van der Waals surface area contributed by atoms with Crippen molar-refractivity contribution < 1.29 is 9.90 Å². The normalized spacial score (nSPS) is 19.2. The molecule has 0 aliphatic heterocycles. The Morgan fingerprint density at radius 1 is 1.17 bits per heavy atom. The fraction of sp³-hybridized carbons (Fsp3) is 0.500.